The third kappa shape index (κ3) is 6.64. The molecule has 2 aliphatic rings. The van der Waals surface area contributed by atoms with Gasteiger partial charge >= 0.3 is 6.09 Å². The number of sulfone groups is 1. The normalized spacial score (nSPS) is 25.5. The highest BCUT2D eigenvalue weighted by Gasteiger charge is 2.48. The van der Waals surface area contributed by atoms with Crippen molar-refractivity contribution >= 4 is 27.7 Å². The molecule has 0 aromatic heterocycles. The largest absolute Gasteiger partial charge is 0.444 e. The molecule has 10 heteroatoms. The number of nitrogens with one attached hydrogen (secondary N) is 1. The summed E-state index contributed by atoms with van der Waals surface area (Å²) in [5.74, 6) is -1.49. The minimum absolute atomic E-state index is 0.140. The summed E-state index contributed by atoms with van der Waals surface area (Å²) in [4.78, 5) is 42.2. The minimum Gasteiger partial charge on any atom is -0.444 e. The van der Waals surface area contributed by atoms with Gasteiger partial charge in [0.2, 0.25) is 5.91 Å². The molecule has 9 nitrogen and oxygen atoms in total. The van der Waals surface area contributed by atoms with E-state index >= 15 is 0 Å². The van der Waals surface area contributed by atoms with E-state index in [1.165, 1.54) is 4.90 Å². The number of carbonyl (C=O) groups excluding carboxylic acids is 3. The number of benzene rings is 1. The molecule has 3 amide bonds. The maximum Gasteiger partial charge on any atom is 0.408 e. The number of likely N-dealkylation sites (tertiary alicyclic amines) is 1. The molecular weight excluding hydrogens is 482 g/mol. The fourth-order valence-electron chi connectivity index (χ4n) is 5.10. The van der Waals surface area contributed by atoms with Crippen LogP contribution in [0.1, 0.15) is 60.3 Å². The molecule has 36 heavy (non-hydrogen) atoms. The summed E-state index contributed by atoms with van der Waals surface area (Å²) >= 11 is 0. The molecule has 0 spiro atoms. The smallest absolute Gasteiger partial charge is 0.408 e. The molecule has 1 aromatic rings. The molecule has 0 bridgehead atoms. The fraction of sp³-hybridized carbons (Fsp3) is 0.654. The molecule has 0 unspecified atom stereocenters. The van der Waals surface area contributed by atoms with Crippen LogP contribution >= 0.6 is 0 Å². The Bertz CT molecular complexity index is 1070. The number of nitrogens with zero attached hydrogens (tertiary/aromatic N) is 2. The first kappa shape index (κ1) is 28.1. The molecule has 1 aromatic carbocycles. The van der Waals surface area contributed by atoms with E-state index in [0.29, 0.717) is 12.8 Å². The van der Waals surface area contributed by atoms with Gasteiger partial charge in [-0.05, 0) is 79.0 Å². The minimum atomic E-state index is -3.64. The maximum atomic E-state index is 13.3. The van der Waals surface area contributed by atoms with E-state index in [1.54, 1.807) is 51.1 Å². The molecule has 1 saturated carbocycles. The summed E-state index contributed by atoms with van der Waals surface area (Å²) in [6.07, 6.45) is 0.866. The van der Waals surface area contributed by atoms with Crippen LogP contribution in [0.25, 0.3) is 0 Å². The molecule has 200 valence electrons. The van der Waals surface area contributed by atoms with Gasteiger partial charge in [0.15, 0.2) is 9.84 Å². The lowest BCUT2D eigenvalue weighted by Gasteiger charge is -2.43. The van der Waals surface area contributed by atoms with Crippen LogP contribution in [0.15, 0.2) is 35.2 Å². The van der Waals surface area contributed by atoms with Gasteiger partial charge in [0.1, 0.15) is 11.6 Å². The van der Waals surface area contributed by atoms with Crippen LogP contribution in [0.4, 0.5) is 4.79 Å². The van der Waals surface area contributed by atoms with Crippen LogP contribution in [-0.4, -0.2) is 78.7 Å². The number of alkyl carbamates (subject to hydrolysis) is 1. The Morgan fingerprint density at radius 3 is 2.39 bits per heavy atom. The predicted octanol–water partition coefficient (Wildman–Crippen LogP) is 2.99. The van der Waals surface area contributed by atoms with Crippen molar-refractivity contribution in [3.63, 3.8) is 0 Å². The Morgan fingerprint density at radius 1 is 1.17 bits per heavy atom. The lowest BCUT2D eigenvalue weighted by Crippen LogP contribution is -2.54. The van der Waals surface area contributed by atoms with Crippen LogP contribution in [0, 0.1) is 5.92 Å². The summed E-state index contributed by atoms with van der Waals surface area (Å²) in [6, 6.07) is 7.10. The lowest BCUT2D eigenvalue weighted by molar-refractivity contribution is -0.144. The molecule has 2 fully saturated rings. The van der Waals surface area contributed by atoms with Gasteiger partial charge in [0, 0.05) is 18.1 Å². The Kier molecular flexibility index (Phi) is 8.50. The zero-order valence-electron chi connectivity index (χ0n) is 22.1. The first-order valence-corrected chi connectivity index (χ1v) is 14.2. The van der Waals surface area contributed by atoms with Crippen LogP contribution < -0.4 is 5.32 Å². The SMILES string of the molecule is CC(C)N(C)[C@@H]1CC[C@H](N2C(=O)C[C@H](NC(=O)OC(C)(C)C)C2=O)[C@H](CS(=O)(=O)c2ccccc2)C1. The summed E-state index contributed by atoms with van der Waals surface area (Å²) < 4.78 is 31.8. The number of amides is 3. The van der Waals surface area contributed by atoms with E-state index in [2.05, 4.69) is 24.1 Å². The van der Waals surface area contributed by atoms with E-state index in [-0.39, 0.29) is 29.2 Å². The van der Waals surface area contributed by atoms with Crippen molar-refractivity contribution in [2.75, 3.05) is 12.8 Å². The summed E-state index contributed by atoms with van der Waals surface area (Å²) in [5.41, 5.74) is -0.743. The van der Waals surface area contributed by atoms with Crippen LogP contribution in [0.5, 0.6) is 0 Å². The monoisotopic (exact) mass is 521 g/mol. The predicted molar refractivity (Wildman–Crippen MR) is 136 cm³/mol. The number of carbonyl (C=O) groups is 3. The average Bonchev–Trinajstić information content (AvgIpc) is 3.04. The molecular formula is C26H39N3O6S. The van der Waals surface area contributed by atoms with Crippen molar-refractivity contribution in [2.45, 2.75) is 95.0 Å². The van der Waals surface area contributed by atoms with Gasteiger partial charge in [-0.25, -0.2) is 13.2 Å². The van der Waals surface area contributed by atoms with Gasteiger partial charge in [-0.3, -0.25) is 14.5 Å². The van der Waals surface area contributed by atoms with Crippen LogP contribution in [-0.2, 0) is 24.2 Å². The van der Waals surface area contributed by atoms with Crippen molar-refractivity contribution in [3.05, 3.63) is 30.3 Å². The quantitative estimate of drug-likeness (QED) is 0.549. The summed E-state index contributed by atoms with van der Waals surface area (Å²) in [6.45, 7) is 9.31. The highest BCUT2D eigenvalue weighted by atomic mass is 32.2. The molecule has 1 N–H and O–H groups in total. The second kappa shape index (κ2) is 10.9. The third-order valence-corrected chi connectivity index (χ3v) is 8.90. The number of rotatable bonds is 7. The van der Waals surface area contributed by atoms with Crippen LogP contribution in [0.3, 0.4) is 0 Å². The van der Waals surface area contributed by atoms with E-state index in [0.717, 1.165) is 6.42 Å². The maximum absolute atomic E-state index is 13.3. The first-order valence-electron chi connectivity index (χ1n) is 12.5. The number of ether oxygens (including phenoxy) is 1. The van der Waals surface area contributed by atoms with Crippen molar-refractivity contribution < 1.29 is 27.5 Å². The van der Waals surface area contributed by atoms with Crippen molar-refractivity contribution in [1.29, 1.82) is 0 Å². The Balaban J connectivity index is 1.84. The van der Waals surface area contributed by atoms with Gasteiger partial charge in [-0.2, -0.15) is 0 Å². The number of imide groups is 1. The average molecular weight is 522 g/mol. The molecule has 1 aliphatic carbocycles. The van der Waals surface area contributed by atoms with Gasteiger partial charge in [0.05, 0.1) is 17.1 Å². The number of hydrogen-bond donors (Lipinski definition) is 1. The third-order valence-electron chi connectivity index (χ3n) is 7.05. The second-order valence-corrected chi connectivity index (χ2v) is 13.2. The van der Waals surface area contributed by atoms with Crippen molar-refractivity contribution in [1.82, 2.24) is 15.1 Å². The zero-order valence-corrected chi connectivity index (χ0v) is 22.9. The molecule has 1 saturated heterocycles. The lowest BCUT2D eigenvalue weighted by atomic mass is 9.81. The summed E-state index contributed by atoms with van der Waals surface area (Å²) in [7, 11) is -1.62. The number of hydrogen-bond acceptors (Lipinski definition) is 7. The Hall–Kier alpha value is -2.46. The summed E-state index contributed by atoms with van der Waals surface area (Å²) in [5, 5.41) is 2.52. The van der Waals surface area contributed by atoms with E-state index in [9.17, 15) is 22.8 Å². The van der Waals surface area contributed by atoms with Crippen LogP contribution in [0.2, 0.25) is 0 Å². The molecule has 3 rings (SSSR count). The standard InChI is InChI=1S/C26H39N3O6S/c1-17(2)28(6)19-12-13-22(18(14-19)16-36(33,34)20-10-8-7-9-11-20)29-23(30)15-21(24(29)31)27-25(32)35-26(3,4)5/h7-11,17-19,21-22H,12-16H2,1-6H3,(H,27,32)/t18-,19+,21-,22-/m0/s1. The zero-order chi connectivity index (χ0) is 26.8. The van der Waals surface area contributed by atoms with Gasteiger partial charge in [0.25, 0.3) is 5.91 Å². The second-order valence-electron chi connectivity index (χ2n) is 11.2. The molecule has 1 heterocycles. The van der Waals surface area contributed by atoms with E-state index in [1.807, 2.05) is 7.05 Å². The first-order chi connectivity index (χ1) is 16.7. The van der Waals surface area contributed by atoms with Crippen molar-refractivity contribution in [2.24, 2.45) is 5.92 Å². The molecule has 1 aliphatic heterocycles. The molecule has 4 atom stereocenters. The van der Waals surface area contributed by atoms with E-state index < -0.39 is 51.3 Å². The van der Waals surface area contributed by atoms with Gasteiger partial charge < -0.3 is 15.0 Å². The van der Waals surface area contributed by atoms with Gasteiger partial charge in [-0.1, -0.05) is 18.2 Å². The van der Waals surface area contributed by atoms with Crippen molar-refractivity contribution in [3.8, 4) is 0 Å². The Morgan fingerprint density at radius 2 is 1.81 bits per heavy atom. The fourth-order valence-corrected chi connectivity index (χ4v) is 6.79. The topological polar surface area (TPSA) is 113 Å². The van der Waals surface area contributed by atoms with E-state index in [4.69, 9.17) is 4.74 Å². The van der Waals surface area contributed by atoms with Gasteiger partial charge in [-0.15, -0.1) is 0 Å². The highest BCUT2D eigenvalue weighted by molar-refractivity contribution is 7.91. The molecule has 0 radical (unpaired) electrons. The Labute approximate surface area is 214 Å². The highest BCUT2D eigenvalue weighted by Crippen LogP contribution is 2.36.